The van der Waals surface area contributed by atoms with E-state index in [2.05, 4.69) is 16.6 Å². The Kier molecular flexibility index (Phi) is 7.01. The van der Waals surface area contributed by atoms with Gasteiger partial charge in [0.2, 0.25) is 0 Å². The number of nitrogens with one attached hydrogen (secondary N) is 1. The Morgan fingerprint density at radius 2 is 2.00 bits per heavy atom. The lowest BCUT2D eigenvalue weighted by molar-refractivity contribution is 0.679. The van der Waals surface area contributed by atoms with Crippen molar-refractivity contribution < 1.29 is 0 Å². The van der Waals surface area contributed by atoms with Gasteiger partial charge in [-0.05, 0) is 44.8 Å². The van der Waals surface area contributed by atoms with Crippen LogP contribution in [0.3, 0.4) is 0 Å². The van der Waals surface area contributed by atoms with E-state index in [1.54, 1.807) is 11.8 Å². The number of aliphatic imine (C=N–C) groups is 1. The van der Waals surface area contributed by atoms with Gasteiger partial charge in [0.05, 0.1) is 10.0 Å². The zero-order valence-electron chi connectivity index (χ0n) is 9.42. The Labute approximate surface area is 102 Å². The molecule has 2 rings (SSSR count). The minimum atomic E-state index is 1.05. The number of nitrogens with zero attached hydrogens (tertiary/aromatic N) is 1. The largest absolute Gasteiger partial charge is 0.380 e. The highest BCUT2D eigenvalue weighted by atomic mass is 32.2. The number of thiocarbonyl (C=S) groups is 1. The van der Waals surface area contributed by atoms with Crippen molar-refractivity contribution in [3.63, 3.8) is 0 Å². The number of rotatable bonds is 0. The highest BCUT2D eigenvalue weighted by Crippen LogP contribution is 2.12. The van der Waals surface area contributed by atoms with E-state index in [0.717, 1.165) is 24.5 Å². The standard InChI is InChI=1S/C6H11NS.C5H9NS/c1-8-6-4-2-3-5-7-6;7-5-3-1-2-4-6-5/h2-5H2,1H3;1-4H2,(H,6,7). The van der Waals surface area contributed by atoms with Gasteiger partial charge in [0.15, 0.2) is 0 Å². The zero-order chi connectivity index (χ0) is 10.9. The van der Waals surface area contributed by atoms with Crippen molar-refractivity contribution >= 4 is 34.0 Å². The van der Waals surface area contributed by atoms with Crippen molar-refractivity contribution in [3.8, 4) is 0 Å². The molecule has 0 spiro atoms. The van der Waals surface area contributed by atoms with E-state index in [1.165, 1.54) is 37.1 Å². The van der Waals surface area contributed by atoms with Gasteiger partial charge >= 0.3 is 0 Å². The molecule has 1 N–H and O–H groups in total. The molecule has 0 saturated carbocycles. The van der Waals surface area contributed by atoms with Crippen molar-refractivity contribution in [3.05, 3.63) is 0 Å². The molecule has 0 aromatic heterocycles. The van der Waals surface area contributed by atoms with Crippen LogP contribution in [0.5, 0.6) is 0 Å². The molecule has 86 valence electrons. The molecule has 0 radical (unpaired) electrons. The first-order chi connectivity index (χ1) is 7.33. The molecule has 2 nitrogen and oxygen atoms in total. The number of hydrogen-bond acceptors (Lipinski definition) is 3. The normalized spacial score (nSPS) is 20.9. The van der Waals surface area contributed by atoms with Crippen molar-refractivity contribution in [1.29, 1.82) is 0 Å². The van der Waals surface area contributed by atoms with Gasteiger partial charge in [-0.1, -0.05) is 12.2 Å². The minimum absolute atomic E-state index is 1.05. The maximum atomic E-state index is 4.89. The van der Waals surface area contributed by atoms with Gasteiger partial charge in [-0.25, -0.2) is 0 Å². The summed E-state index contributed by atoms with van der Waals surface area (Å²) in [6, 6.07) is 0. The molecule has 1 saturated heterocycles. The molecule has 0 atom stereocenters. The SMILES string of the molecule is CSC1=NCCCC1.S=C1CCCCN1. The van der Waals surface area contributed by atoms with Gasteiger partial charge in [-0.2, -0.15) is 0 Å². The quantitative estimate of drug-likeness (QED) is 0.663. The average molecular weight is 244 g/mol. The van der Waals surface area contributed by atoms with E-state index in [4.69, 9.17) is 12.2 Å². The average Bonchev–Trinajstić information content (AvgIpc) is 2.32. The molecule has 0 aromatic rings. The van der Waals surface area contributed by atoms with Crippen LogP contribution in [0.25, 0.3) is 0 Å². The first kappa shape index (κ1) is 13.0. The van der Waals surface area contributed by atoms with E-state index in [9.17, 15) is 0 Å². The number of hydrogen-bond donors (Lipinski definition) is 1. The monoisotopic (exact) mass is 244 g/mol. The molecular formula is C11H20N2S2. The van der Waals surface area contributed by atoms with Crippen LogP contribution in [-0.2, 0) is 0 Å². The molecule has 0 aromatic carbocycles. The highest BCUT2D eigenvalue weighted by Gasteiger charge is 2.01. The molecule has 2 heterocycles. The Morgan fingerprint density at radius 1 is 1.20 bits per heavy atom. The highest BCUT2D eigenvalue weighted by molar-refractivity contribution is 8.13. The number of piperidine rings is 1. The molecule has 1 fully saturated rings. The fourth-order valence-corrected chi connectivity index (χ4v) is 2.38. The molecule has 15 heavy (non-hydrogen) atoms. The summed E-state index contributed by atoms with van der Waals surface area (Å²) in [6.45, 7) is 2.16. The van der Waals surface area contributed by atoms with Gasteiger partial charge in [0.1, 0.15) is 0 Å². The van der Waals surface area contributed by atoms with Crippen molar-refractivity contribution in [2.45, 2.75) is 38.5 Å². The summed E-state index contributed by atoms with van der Waals surface area (Å²) in [5, 5.41) is 4.46. The fourth-order valence-electron chi connectivity index (χ4n) is 1.56. The third kappa shape index (κ3) is 6.15. The van der Waals surface area contributed by atoms with Crippen LogP contribution in [-0.4, -0.2) is 29.4 Å². The maximum absolute atomic E-state index is 4.89. The Balaban J connectivity index is 0.000000151. The van der Waals surface area contributed by atoms with Crippen LogP contribution in [0.15, 0.2) is 4.99 Å². The molecule has 0 unspecified atom stereocenters. The van der Waals surface area contributed by atoms with E-state index in [-0.39, 0.29) is 0 Å². The van der Waals surface area contributed by atoms with Gasteiger partial charge in [0, 0.05) is 13.1 Å². The Bertz CT molecular complexity index is 219. The summed E-state index contributed by atoms with van der Waals surface area (Å²) < 4.78 is 0. The van der Waals surface area contributed by atoms with Crippen LogP contribution in [0.2, 0.25) is 0 Å². The van der Waals surface area contributed by atoms with E-state index in [1.807, 2.05) is 0 Å². The minimum Gasteiger partial charge on any atom is -0.380 e. The van der Waals surface area contributed by atoms with Crippen LogP contribution in [0, 0.1) is 0 Å². The van der Waals surface area contributed by atoms with Crippen LogP contribution >= 0.6 is 24.0 Å². The van der Waals surface area contributed by atoms with Crippen molar-refractivity contribution in [2.24, 2.45) is 4.99 Å². The summed E-state index contributed by atoms with van der Waals surface area (Å²) in [5.41, 5.74) is 0. The van der Waals surface area contributed by atoms with E-state index < -0.39 is 0 Å². The van der Waals surface area contributed by atoms with Gasteiger partial charge < -0.3 is 5.32 Å². The molecule has 4 heteroatoms. The molecular weight excluding hydrogens is 224 g/mol. The number of thioether (sulfide) groups is 1. The Hall–Kier alpha value is -0.0900. The van der Waals surface area contributed by atoms with Crippen LogP contribution < -0.4 is 5.32 Å². The molecule has 0 aliphatic carbocycles. The molecule has 2 aliphatic rings. The summed E-state index contributed by atoms with van der Waals surface area (Å²) >= 11 is 6.69. The zero-order valence-corrected chi connectivity index (χ0v) is 11.1. The van der Waals surface area contributed by atoms with Gasteiger partial charge in [-0.3, -0.25) is 4.99 Å². The first-order valence-electron chi connectivity index (χ1n) is 5.67. The Morgan fingerprint density at radius 3 is 2.33 bits per heavy atom. The lowest BCUT2D eigenvalue weighted by Gasteiger charge is -2.12. The third-order valence-electron chi connectivity index (χ3n) is 2.48. The topological polar surface area (TPSA) is 24.4 Å². The summed E-state index contributed by atoms with van der Waals surface area (Å²) in [4.78, 5) is 5.38. The fraction of sp³-hybridized carbons (Fsp3) is 0.818. The van der Waals surface area contributed by atoms with E-state index >= 15 is 0 Å². The first-order valence-corrected chi connectivity index (χ1v) is 7.30. The van der Waals surface area contributed by atoms with Gasteiger partial charge in [-0.15, -0.1) is 11.8 Å². The predicted octanol–water partition coefficient (Wildman–Crippen LogP) is 3.02. The lowest BCUT2D eigenvalue weighted by atomic mass is 10.2. The summed E-state index contributed by atoms with van der Waals surface area (Å²) in [5.74, 6) is 0. The van der Waals surface area contributed by atoms with Crippen molar-refractivity contribution in [2.75, 3.05) is 19.3 Å². The summed E-state index contributed by atoms with van der Waals surface area (Å²) in [7, 11) is 0. The van der Waals surface area contributed by atoms with Crippen LogP contribution in [0.4, 0.5) is 0 Å². The summed E-state index contributed by atoms with van der Waals surface area (Å²) in [6.07, 6.45) is 9.65. The second kappa shape index (κ2) is 8.11. The smallest absolute Gasteiger partial charge is 0.0753 e. The molecule has 0 amide bonds. The molecule has 0 bridgehead atoms. The lowest BCUT2D eigenvalue weighted by Crippen LogP contribution is -2.26. The van der Waals surface area contributed by atoms with E-state index in [0.29, 0.717) is 0 Å². The van der Waals surface area contributed by atoms with Crippen LogP contribution in [0.1, 0.15) is 38.5 Å². The second-order valence-electron chi connectivity index (χ2n) is 3.74. The second-order valence-corrected chi connectivity index (χ2v) is 5.12. The van der Waals surface area contributed by atoms with Gasteiger partial charge in [0.25, 0.3) is 0 Å². The van der Waals surface area contributed by atoms with Crippen molar-refractivity contribution in [1.82, 2.24) is 5.32 Å². The predicted molar refractivity (Wildman–Crippen MR) is 74.1 cm³/mol. The third-order valence-corrected chi connectivity index (χ3v) is 3.63. The molecule has 2 aliphatic heterocycles. The maximum Gasteiger partial charge on any atom is 0.0753 e.